The molecule has 92 valence electrons. The summed E-state index contributed by atoms with van der Waals surface area (Å²) in [6, 6.07) is 5.83. The van der Waals surface area contributed by atoms with E-state index >= 15 is 0 Å². The van der Waals surface area contributed by atoms with Gasteiger partial charge in [-0.05, 0) is 36.0 Å². The molecule has 4 nitrogen and oxygen atoms in total. The van der Waals surface area contributed by atoms with Crippen molar-refractivity contribution in [1.29, 1.82) is 0 Å². The van der Waals surface area contributed by atoms with Crippen LogP contribution in [-0.2, 0) is 4.79 Å². The smallest absolute Gasteiger partial charge is 0.170 e. The Morgan fingerprint density at radius 1 is 1.50 bits per heavy atom. The number of thiocarbonyl (C=S) groups is 1. The van der Waals surface area contributed by atoms with Crippen LogP contribution in [-0.4, -0.2) is 23.4 Å². The number of hydrogen-bond acceptors (Lipinski definition) is 4. The minimum Gasteiger partial charge on any atom is -0.366 e. The van der Waals surface area contributed by atoms with Crippen LogP contribution in [0.5, 0.6) is 0 Å². The van der Waals surface area contributed by atoms with Crippen molar-refractivity contribution in [3.8, 4) is 0 Å². The van der Waals surface area contributed by atoms with E-state index < -0.39 is 0 Å². The molecule has 6 heteroatoms. The molecule has 0 aliphatic carbocycles. The number of nitrogens with one attached hydrogen (secondary N) is 2. The van der Waals surface area contributed by atoms with E-state index in [1.54, 1.807) is 30.0 Å². The first kappa shape index (κ1) is 12.7. The number of fused-ring (bicyclic) bond motifs is 1. The second-order valence-corrected chi connectivity index (χ2v) is 4.80. The largest absolute Gasteiger partial charge is 0.366 e. The van der Waals surface area contributed by atoms with Gasteiger partial charge in [-0.25, -0.2) is 4.98 Å². The first-order valence-electron chi connectivity index (χ1n) is 5.22. The van der Waals surface area contributed by atoms with E-state index in [1.165, 1.54) is 0 Å². The molecule has 0 aliphatic heterocycles. The standard InChI is InChI=1S/C12H11N3OS2/c1-13-12(17)15-9(6-16)4-8-2-3-10-11(5-8)18-7-14-10/h2-7H,1H3,(H2,13,15,17)/b9-4-. The van der Waals surface area contributed by atoms with Crippen LogP contribution < -0.4 is 10.6 Å². The molecule has 0 amide bonds. The number of allylic oxidation sites excluding steroid dienone is 1. The van der Waals surface area contributed by atoms with Crippen LogP contribution in [0.1, 0.15) is 5.56 Å². The highest BCUT2D eigenvalue weighted by Crippen LogP contribution is 2.20. The second kappa shape index (κ2) is 5.70. The Morgan fingerprint density at radius 3 is 3.06 bits per heavy atom. The minimum atomic E-state index is 0.409. The second-order valence-electron chi connectivity index (χ2n) is 3.50. The van der Waals surface area contributed by atoms with Gasteiger partial charge in [0.1, 0.15) is 0 Å². The van der Waals surface area contributed by atoms with Crippen molar-refractivity contribution in [3.05, 3.63) is 35.0 Å². The Hall–Kier alpha value is -1.79. The molecule has 0 radical (unpaired) electrons. The van der Waals surface area contributed by atoms with E-state index in [0.29, 0.717) is 10.8 Å². The maximum atomic E-state index is 10.9. The Morgan fingerprint density at radius 2 is 2.33 bits per heavy atom. The summed E-state index contributed by atoms with van der Waals surface area (Å²) < 4.78 is 1.09. The van der Waals surface area contributed by atoms with Crippen LogP contribution in [0.3, 0.4) is 0 Å². The third kappa shape index (κ3) is 2.91. The Balaban J connectivity index is 2.28. The first-order chi connectivity index (χ1) is 8.72. The van der Waals surface area contributed by atoms with Gasteiger partial charge in [0.05, 0.1) is 21.4 Å². The zero-order valence-corrected chi connectivity index (χ0v) is 11.3. The first-order valence-corrected chi connectivity index (χ1v) is 6.50. The SMILES string of the molecule is CNC(=S)N/C(C=O)=C\c1ccc2ncsc2c1. The lowest BCUT2D eigenvalue weighted by Crippen LogP contribution is -2.32. The van der Waals surface area contributed by atoms with Gasteiger partial charge in [-0.15, -0.1) is 11.3 Å². The van der Waals surface area contributed by atoms with Crippen LogP contribution in [0.4, 0.5) is 0 Å². The lowest BCUT2D eigenvalue weighted by molar-refractivity contribution is -0.105. The molecule has 2 rings (SSSR count). The lowest BCUT2D eigenvalue weighted by atomic mass is 10.2. The van der Waals surface area contributed by atoms with Crippen molar-refractivity contribution < 1.29 is 4.79 Å². The van der Waals surface area contributed by atoms with Crippen LogP contribution in [0.2, 0.25) is 0 Å². The normalized spacial score (nSPS) is 11.3. The van der Waals surface area contributed by atoms with Gasteiger partial charge in [0.15, 0.2) is 11.4 Å². The number of aldehydes is 1. The molecule has 0 atom stereocenters. The highest BCUT2D eigenvalue weighted by Gasteiger charge is 2.00. The molecule has 0 spiro atoms. The van der Waals surface area contributed by atoms with Gasteiger partial charge in [0.25, 0.3) is 0 Å². The van der Waals surface area contributed by atoms with Gasteiger partial charge in [-0.2, -0.15) is 0 Å². The van der Waals surface area contributed by atoms with Crippen LogP contribution in [0.25, 0.3) is 16.3 Å². The predicted molar refractivity (Wildman–Crippen MR) is 78.5 cm³/mol. The number of nitrogens with zero attached hydrogens (tertiary/aromatic N) is 1. The number of carbonyl (C=O) groups excluding carboxylic acids is 1. The molecule has 18 heavy (non-hydrogen) atoms. The Kier molecular flexibility index (Phi) is 4.01. The molecule has 0 unspecified atom stereocenters. The molecule has 0 saturated carbocycles. The van der Waals surface area contributed by atoms with E-state index in [9.17, 15) is 4.79 Å². The van der Waals surface area contributed by atoms with E-state index in [1.807, 2.05) is 18.2 Å². The highest BCUT2D eigenvalue weighted by molar-refractivity contribution is 7.80. The summed E-state index contributed by atoms with van der Waals surface area (Å²) in [5.74, 6) is 0. The predicted octanol–water partition coefficient (Wildman–Crippen LogP) is 1.93. The van der Waals surface area contributed by atoms with E-state index in [-0.39, 0.29) is 0 Å². The van der Waals surface area contributed by atoms with Crippen molar-refractivity contribution in [2.45, 2.75) is 0 Å². The number of aromatic nitrogens is 1. The van der Waals surface area contributed by atoms with Crippen molar-refractivity contribution >= 4 is 51.2 Å². The molecule has 1 aromatic heterocycles. The zero-order chi connectivity index (χ0) is 13.0. The molecule has 0 bridgehead atoms. The van der Waals surface area contributed by atoms with Crippen LogP contribution in [0.15, 0.2) is 29.4 Å². The molecular weight excluding hydrogens is 266 g/mol. The van der Waals surface area contributed by atoms with Gasteiger partial charge >= 0.3 is 0 Å². The molecule has 0 aliphatic rings. The van der Waals surface area contributed by atoms with Gasteiger partial charge in [0, 0.05) is 7.05 Å². The maximum absolute atomic E-state index is 10.9. The third-order valence-corrected chi connectivity index (χ3v) is 3.39. The number of carbonyl (C=O) groups is 1. The fraction of sp³-hybridized carbons (Fsp3) is 0.0833. The molecule has 2 aromatic rings. The number of rotatable bonds is 3. The number of thiazole rings is 1. The summed E-state index contributed by atoms with van der Waals surface area (Å²) >= 11 is 6.51. The number of benzene rings is 1. The number of hydrogen-bond donors (Lipinski definition) is 2. The lowest BCUT2D eigenvalue weighted by Gasteiger charge is -2.05. The molecule has 1 aromatic carbocycles. The quantitative estimate of drug-likeness (QED) is 0.510. The maximum Gasteiger partial charge on any atom is 0.170 e. The summed E-state index contributed by atoms with van der Waals surface area (Å²) in [5.41, 5.74) is 4.11. The summed E-state index contributed by atoms with van der Waals surface area (Å²) in [6.45, 7) is 0. The summed E-state index contributed by atoms with van der Waals surface area (Å²) in [4.78, 5) is 15.1. The van der Waals surface area contributed by atoms with E-state index in [4.69, 9.17) is 12.2 Å². The van der Waals surface area contributed by atoms with Gasteiger partial charge < -0.3 is 10.6 Å². The Labute approximate surface area is 114 Å². The van der Waals surface area contributed by atoms with Gasteiger partial charge in [0.2, 0.25) is 0 Å². The fourth-order valence-corrected chi connectivity index (χ4v) is 2.28. The van der Waals surface area contributed by atoms with Crippen molar-refractivity contribution in [2.75, 3.05) is 7.05 Å². The van der Waals surface area contributed by atoms with Crippen LogP contribution in [0, 0.1) is 0 Å². The average molecular weight is 277 g/mol. The topological polar surface area (TPSA) is 54.0 Å². The summed E-state index contributed by atoms with van der Waals surface area (Å²) in [7, 11) is 1.70. The fourth-order valence-electron chi connectivity index (χ4n) is 1.43. The third-order valence-electron chi connectivity index (χ3n) is 2.29. The van der Waals surface area contributed by atoms with E-state index in [2.05, 4.69) is 15.6 Å². The van der Waals surface area contributed by atoms with Gasteiger partial charge in [-0.3, -0.25) is 4.79 Å². The molecule has 1 heterocycles. The van der Waals surface area contributed by atoms with Crippen molar-refractivity contribution in [1.82, 2.24) is 15.6 Å². The van der Waals surface area contributed by atoms with Crippen molar-refractivity contribution in [2.24, 2.45) is 0 Å². The highest BCUT2D eigenvalue weighted by atomic mass is 32.1. The molecule has 0 fully saturated rings. The van der Waals surface area contributed by atoms with Crippen molar-refractivity contribution in [3.63, 3.8) is 0 Å². The molecular formula is C12H11N3OS2. The van der Waals surface area contributed by atoms with Gasteiger partial charge in [-0.1, -0.05) is 6.07 Å². The average Bonchev–Trinajstić information content (AvgIpc) is 2.85. The minimum absolute atomic E-state index is 0.409. The summed E-state index contributed by atoms with van der Waals surface area (Å²) in [5, 5.41) is 5.97. The zero-order valence-electron chi connectivity index (χ0n) is 9.64. The summed E-state index contributed by atoms with van der Waals surface area (Å²) in [6.07, 6.45) is 2.48. The molecule has 2 N–H and O–H groups in total. The van der Waals surface area contributed by atoms with E-state index in [0.717, 1.165) is 22.1 Å². The molecule has 0 saturated heterocycles. The Bertz CT molecular complexity index is 619. The van der Waals surface area contributed by atoms with Crippen LogP contribution >= 0.6 is 23.6 Å². The monoisotopic (exact) mass is 277 g/mol.